The summed E-state index contributed by atoms with van der Waals surface area (Å²) in [5.74, 6) is 1.75. The molecule has 0 unspecified atom stereocenters. The molecule has 0 aromatic heterocycles. The summed E-state index contributed by atoms with van der Waals surface area (Å²) in [6.07, 6.45) is 0. The van der Waals surface area contributed by atoms with Crippen LogP contribution in [0, 0.1) is 11.2 Å². The van der Waals surface area contributed by atoms with Crippen molar-refractivity contribution in [2.24, 2.45) is 0 Å². The molecule has 0 fully saturated rings. The molecule has 0 aliphatic carbocycles. The SMILES string of the molecule is BC#N.[ZnH2]. The van der Waals surface area contributed by atoms with Crippen LogP contribution >= 0.6 is 0 Å². The van der Waals surface area contributed by atoms with Crippen LogP contribution in [-0.4, -0.2) is 7.85 Å². The molecule has 0 saturated carbocycles. The second-order valence-corrected chi connectivity index (χ2v) is 0.224. The van der Waals surface area contributed by atoms with Gasteiger partial charge in [0, 0.05) is 0 Å². The third-order valence-electron chi connectivity index (χ3n) is 0. The average molecular weight is 106 g/mol. The molecule has 0 aromatic carbocycles. The molecular formula is CH4BNZn. The van der Waals surface area contributed by atoms with Gasteiger partial charge in [-0.2, -0.15) is 0 Å². The van der Waals surface area contributed by atoms with Crippen LogP contribution < -0.4 is 0 Å². The normalized spacial score (nSPS) is 1.75. The Hall–Kier alpha value is 0.178. The first kappa shape index (κ1) is 8.90. The minimum absolute atomic E-state index is 0. The molecule has 3 heteroatoms. The van der Waals surface area contributed by atoms with Crippen molar-refractivity contribution in [2.45, 2.75) is 0 Å². The van der Waals surface area contributed by atoms with Crippen LogP contribution in [0.25, 0.3) is 0 Å². The molecule has 0 heterocycles. The Morgan fingerprint density at radius 3 is 1.75 bits per heavy atom. The van der Waals surface area contributed by atoms with E-state index in [2.05, 4.69) is 0 Å². The molecule has 0 aromatic rings. The van der Waals surface area contributed by atoms with Crippen LogP contribution in [0.3, 0.4) is 0 Å². The maximum absolute atomic E-state index is 7.32. The third kappa shape index (κ3) is 95.1. The number of hydrogen-bond donors (Lipinski definition) is 0. The summed E-state index contributed by atoms with van der Waals surface area (Å²) in [4.78, 5) is 0. The summed E-state index contributed by atoms with van der Waals surface area (Å²) in [5.41, 5.74) is 0. The Labute approximate surface area is 39.2 Å². The molecule has 1 nitrogen and oxygen atoms in total. The number of rotatable bonds is 0. The van der Waals surface area contributed by atoms with E-state index in [-0.39, 0.29) is 19.5 Å². The van der Waals surface area contributed by atoms with E-state index in [9.17, 15) is 0 Å². The van der Waals surface area contributed by atoms with Gasteiger partial charge in [0.2, 0.25) is 7.85 Å². The molecule has 0 saturated heterocycles. The Morgan fingerprint density at radius 1 is 1.75 bits per heavy atom. The van der Waals surface area contributed by atoms with Gasteiger partial charge in [-0.3, -0.25) is 0 Å². The minimum atomic E-state index is 0. The molecule has 0 atom stereocenters. The Balaban J connectivity index is 0. The van der Waals surface area contributed by atoms with Crippen LogP contribution in [0.5, 0.6) is 0 Å². The summed E-state index contributed by atoms with van der Waals surface area (Å²) < 4.78 is 0. The van der Waals surface area contributed by atoms with E-state index in [1.165, 1.54) is 7.85 Å². The fraction of sp³-hybridized carbons (Fsp3) is 0. The number of hydrogen-bond acceptors (Lipinski definition) is 1. The molecule has 18 valence electrons. The number of nitriles is 1. The third-order valence-corrected chi connectivity index (χ3v) is 0. The molecule has 0 amide bonds. The van der Waals surface area contributed by atoms with Gasteiger partial charge in [-0.15, -0.1) is 0 Å². The monoisotopic (exact) mass is 105 g/mol. The average Bonchev–Trinajstić information content (AvgIpc) is 0.918. The van der Waals surface area contributed by atoms with Gasteiger partial charge < -0.3 is 0 Å². The molecule has 0 rings (SSSR count). The molecule has 0 aliphatic rings. The van der Waals surface area contributed by atoms with Crippen LogP contribution in [0.2, 0.25) is 0 Å². The molecular weight excluding hydrogens is 102 g/mol. The van der Waals surface area contributed by atoms with Gasteiger partial charge in [0.15, 0.2) is 0 Å². The van der Waals surface area contributed by atoms with Gasteiger partial charge in [-0.25, -0.2) is 5.26 Å². The van der Waals surface area contributed by atoms with E-state index < -0.39 is 0 Å². The first-order valence-electron chi connectivity index (χ1n) is 0.724. The van der Waals surface area contributed by atoms with E-state index in [4.69, 9.17) is 5.26 Å². The van der Waals surface area contributed by atoms with Crippen molar-refractivity contribution in [3.05, 3.63) is 0 Å². The molecule has 0 N–H and O–H groups in total. The second-order valence-electron chi connectivity index (χ2n) is 0.224. The molecule has 0 aliphatic heterocycles. The predicted molar refractivity (Wildman–Crippen MR) is 16.9 cm³/mol. The van der Waals surface area contributed by atoms with E-state index in [1.54, 1.807) is 5.97 Å². The van der Waals surface area contributed by atoms with Crippen molar-refractivity contribution >= 4 is 7.85 Å². The van der Waals surface area contributed by atoms with E-state index in [1.807, 2.05) is 0 Å². The van der Waals surface area contributed by atoms with Crippen molar-refractivity contribution < 1.29 is 19.5 Å². The molecule has 0 bridgehead atoms. The molecule has 4 heavy (non-hydrogen) atoms. The van der Waals surface area contributed by atoms with Crippen LogP contribution in [0.4, 0.5) is 0 Å². The van der Waals surface area contributed by atoms with Crippen molar-refractivity contribution in [3.63, 3.8) is 0 Å². The Kier molecular flexibility index (Phi) is 24.2. The zero-order valence-electron chi connectivity index (χ0n) is 1.95. The van der Waals surface area contributed by atoms with E-state index in [0.29, 0.717) is 0 Å². The number of nitrogens with zero attached hydrogens (tertiary/aromatic N) is 1. The first-order chi connectivity index (χ1) is 1.41. The summed E-state index contributed by atoms with van der Waals surface area (Å²) in [7, 11) is 1.43. The standard InChI is InChI=1S/CH2BN.Zn.2H/c2-1-3;;;/h2H2;;;. The van der Waals surface area contributed by atoms with Gasteiger partial charge in [0.05, 0.1) is 0 Å². The summed E-state index contributed by atoms with van der Waals surface area (Å²) in [6, 6.07) is 0. The molecule has 0 spiro atoms. The fourth-order valence-electron chi connectivity index (χ4n) is 0. The first-order valence-corrected chi connectivity index (χ1v) is 0.724. The van der Waals surface area contributed by atoms with Gasteiger partial charge in [-0.1, -0.05) is 0 Å². The summed E-state index contributed by atoms with van der Waals surface area (Å²) in [5, 5.41) is 7.32. The van der Waals surface area contributed by atoms with Crippen LogP contribution in [0.15, 0.2) is 0 Å². The Bertz CT molecular complexity index is 29.5. The van der Waals surface area contributed by atoms with Crippen molar-refractivity contribution in [1.82, 2.24) is 0 Å². The fourth-order valence-corrected chi connectivity index (χ4v) is 0. The maximum atomic E-state index is 7.32. The van der Waals surface area contributed by atoms with E-state index >= 15 is 0 Å². The Morgan fingerprint density at radius 2 is 1.75 bits per heavy atom. The van der Waals surface area contributed by atoms with Crippen molar-refractivity contribution in [1.29, 1.82) is 5.26 Å². The van der Waals surface area contributed by atoms with Crippen LogP contribution in [-0.2, 0) is 19.5 Å². The quantitative estimate of drug-likeness (QED) is 0.347. The topological polar surface area (TPSA) is 23.8 Å². The summed E-state index contributed by atoms with van der Waals surface area (Å²) in [6.45, 7) is 0. The summed E-state index contributed by atoms with van der Waals surface area (Å²) >= 11 is 0. The molecule has 0 radical (unpaired) electrons. The van der Waals surface area contributed by atoms with Gasteiger partial charge in [0.25, 0.3) is 0 Å². The van der Waals surface area contributed by atoms with Gasteiger partial charge in [-0.05, 0) is 5.97 Å². The van der Waals surface area contributed by atoms with Gasteiger partial charge >= 0.3 is 19.5 Å². The van der Waals surface area contributed by atoms with E-state index in [0.717, 1.165) is 0 Å². The predicted octanol–water partition coefficient (Wildman–Crippen LogP) is -1.44. The second kappa shape index (κ2) is 10.9. The van der Waals surface area contributed by atoms with Crippen molar-refractivity contribution in [2.75, 3.05) is 0 Å². The van der Waals surface area contributed by atoms with Crippen molar-refractivity contribution in [3.8, 4) is 5.97 Å². The zero-order chi connectivity index (χ0) is 2.71. The van der Waals surface area contributed by atoms with Crippen LogP contribution in [0.1, 0.15) is 0 Å². The van der Waals surface area contributed by atoms with Gasteiger partial charge in [0.1, 0.15) is 0 Å². The zero-order valence-corrected chi connectivity index (χ0v) is 1.95.